The molecule has 5 N–H and O–H groups in total. The molecule has 0 aliphatic carbocycles. The molecule has 0 aliphatic rings. The Morgan fingerprint density at radius 1 is 1.02 bits per heavy atom. The zero-order valence-electron chi connectivity index (χ0n) is 22.1. The largest absolute Gasteiger partial charge is 0.507 e. The van der Waals surface area contributed by atoms with Gasteiger partial charge in [0.1, 0.15) is 28.7 Å². The number of carbonyl (C=O) groups is 1. The predicted molar refractivity (Wildman–Crippen MR) is 154 cm³/mol. The summed E-state index contributed by atoms with van der Waals surface area (Å²) in [6, 6.07) is 16.7. The van der Waals surface area contributed by atoms with Crippen molar-refractivity contribution >= 4 is 28.9 Å². The summed E-state index contributed by atoms with van der Waals surface area (Å²) in [5.74, 6) is -1.96. The molecular formula is C30H24F2N6O4. The van der Waals surface area contributed by atoms with E-state index in [1.807, 2.05) is 0 Å². The van der Waals surface area contributed by atoms with E-state index in [1.54, 1.807) is 25.1 Å². The number of aromatic hydroxyl groups is 1. The van der Waals surface area contributed by atoms with Crippen molar-refractivity contribution in [2.45, 2.75) is 6.92 Å². The van der Waals surface area contributed by atoms with Gasteiger partial charge in [-0.15, -0.1) is 0 Å². The summed E-state index contributed by atoms with van der Waals surface area (Å²) in [6.45, 7) is 1.90. The van der Waals surface area contributed by atoms with Crippen molar-refractivity contribution in [2.75, 3.05) is 23.0 Å². The molecule has 1 amide bonds. The quantitative estimate of drug-likeness (QED) is 0.185. The first kappa shape index (κ1) is 27.8. The Hall–Kier alpha value is -5.78. The van der Waals surface area contributed by atoms with Crippen LogP contribution in [-0.2, 0) is 0 Å². The number of pyridine rings is 1. The van der Waals surface area contributed by atoms with E-state index in [-0.39, 0.29) is 41.0 Å². The molecule has 5 aromatic rings. The number of nitrogens with two attached hydrogens (primary N) is 1. The highest BCUT2D eigenvalue weighted by Gasteiger charge is 2.21. The highest BCUT2D eigenvalue weighted by atomic mass is 19.1. The lowest BCUT2D eigenvalue weighted by atomic mass is 10.1. The molecule has 0 aliphatic heterocycles. The maximum Gasteiger partial charge on any atom is 0.271 e. The second-order valence-corrected chi connectivity index (χ2v) is 8.95. The van der Waals surface area contributed by atoms with Crippen molar-refractivity contribution < 1.29 is 23.4 Å². The van der Waals surface area contributed by atoms with Crippen molar-refractivity contribution in [2.24, 2.45) is 0 Å². The molecule has 212 valence electrons. The van der Waals surface area contributed by atoms with Gasteiger partial charge in [0.2, 0.25) is 5.95 Å². The van der Waals surface area contributed by atoms with Gasteiger partial charge in [0.15, 0.2) is 0 Å². The van der Waals surface area contributed by atoms with E-state index in [0.717, 1.165) is 6.07 Å². The predicted octanol–water partition coefficient (Wildman–Crippen LogP) is 5.26. The van der Waals surface area contributed by atoms with Crippen molar-refractivity contribution in [1.82, 2.24) is 14.5 Å². The summed E-state index contributed by atoms with van der Waals surface area (Å²) in [6.07, 6.45) is 2.88. The molecule has 0 radical (unpaired) electrons. The molecule has 0 saturated carbocycles. The second kappa shape index (κ2) is 11.8. The van der Waals surface area contributed by atoms with E-state index in [1.165, 1.54) is 65.5 Å². The van der Waals surface area contributed by atoms with E-state index >= 15 is 4.39 Å². The smallest absolute Gasteiger partial charge is 0.271 e. The van der Waals surface area contributed by atoms with Crippen LogP contribution in [0.5, 0.6) is 11.5 Å². The number of carbonyl (C=O) groups excluding carboxylic acids is 1. The number of hydrogen-bond donors (Lipinski definition) is 4. The van der Waals surface area contributed by atoms with Crippen LogP contribution in [0.1, 0.15) is 17.3 Å². The first-order valence-corrected chi connectivity index (χ1v) is 12.7. The maximum atomic E-state index is 15.1. The molecule has 0 unspecified atom stereocenters. The number of halogens is 2. The molecule has 0 bridgehead atoms. The van der Waals surface area contributed by atoms with Crippen LogP contribution in [-0.4, -0.2) is 32.2 Å². The normalized spacial score (nSPS) is 10.7. The van der Waals surface area contributed by atoms with E-state index in [0.29, 0.717) is 22.6 Å². The van der Waals surface area contributed by atoms with Crippen LogP contribution in [0.2, 0.25) is 0 Å². The SMILES string of the molecule is CCOc1ccn(-c2ccc(F)cc2)c(=O)c1C(=O)Nc1ccc(Nc2ccc(O)c(-c3ccnc(N)n3)c2)c(F)c1. The van der Waals surface area contributed by atoms with Crippen molar-refractivity contribution in [3.63, 3.8) is 0 Å². The molecule has 0 atom stereocenters. The highest BCUT2D eigenvalue weighted by Crippen LogP contribution is 2.32. The highest BCUT2D eigenvalue weighted by molar-refractivity contribution is 6.06. The van der Waals surface area contributed by atoms with Gasteiger partial charge in [0, 0.05) is 35.0 Å². The summed E-state index contributed by atoms with van der Waals surface area (Å²) in [5, 5.41) is 15.8. The van der Waals surface area contributed by atoms with Gasteiger partial charge >= 0.3 is 0 Å². The topological polar surface area (TPSA) is 144 Å². The summed E-state index contributed by atoms with van der Waals surface area (Å²) in [4.78, 5) is 34.5. The monoisotopic (exact) mass is 570 g/mol. The van der Waals surface area contributed by atoms with Gasteiger partial charge in [-0.05, 0) is 79.7 Å². The molecule has 0 fully saturated rings. The Morgan fingerprint density at radius 2 is 1.79 bits per heavy atom. The first-order chi connectivity index (χ1) is 20.2. The van der Waals surface area contributed by atoms with Crippen LogP contribution in [0.15, 0.2) is 90.0 Å². The Balaban J connectivity index is 1.39. The van der Waals surface area contributed by atoms with Crippen molar-refractivity contribution in [3.05, 3.63) is 113 Å². The standard InChI is InChI=1S/C30H24F2N6O4/c1-2-42-26-12-14-38(20-7-3-17(31)4-8-20)29(41)27(26)28(40)36-19-5-9-24(22(32)16-19)35-18-6-10-25(39)21(15-18)23-11-13-34-30(33)37-23/h3-16,35,39H,2H2,1H3,(H,36,40)(H2,33,34,37). The maximum absolute atomic E-state index is 15.1. The van der Waals surface area contributed by atoms with Gasteiger partial charge in [-0.3, -0.25) is 14.2 Å². The first-order valence-electron chi connectivity index (χ1n) is 12.7. The number of nitrogens with one attached hydrogen (secondary N) is 2. The molecule has 0 spiro atoms. The van der Waals surface area contributed by atoms with Gasteiger partial charge in [-0.25, -0.2) is 18.7 Å². The fourth-order valence-corrected chi connectivity index (χ4v) is 4.19. The van der Waals surface area contributed by atoms with E-state index in [2.05, 4.69) is 20.6 Å². The lowest BCUT2D eigenvalue weighted by molar-refractivity contribution is 0.102. The number of rotatable bonds is 8. The second-order valence-electron chi connectivity index (χ2n) is 8.95. The van der Waals surface area contributed by atoms with Crippen LogP contribution in [0.25, 0.3) is 16.9 Å². The fourth-order valence-electron chi connectivity index (χ4n) is 4.19. The molecule has 42 heavy (non-hydrogen) atoms. The average Bonchev–Trinajstić information content (AvgIpc) is 2.96. The number of amides is 1. The molecule has 12 heteroatoms. The zero-order chi connectivity index (χ0) is 29.8. The zero-order valence-corrected chi connectivity index (χ0v) is 22.1. The number of nitrogen functional groups attached to an aromatic ring is 1. The van der Waals surface area contributed by atoms with Gasteiger partial charge in [0.05, 0.1) is 18.0 Å². The van der Waals surface area contributed by atoms with Crippen LogP contribution in [0.3, 0.4) is 0 Å². The number of hydrogen-bond acceptors (Lipinski definition) is 8. The molecule has 0 saturated heterocycles. The molecular weight excluding hydrogens is 546 g/mol. The van der Waals surface area contributed by atoms with E-state index in [9.17, 15) is 19.1 Å². The number of benzene rings is 3. The number of nitrogens with zero attached hydrogens (tertiary/aromatic N) is 3. The Kier molecular flexibility index (Phi) is 7.78. The van der Waals surface area contributed by atoms with E-state index in [4.69, 9.17) is 10.5 Å². The third-order valence-electron chi connectivity index (χ3n) is 6.14. The fraction of sp³-hybridized carbons (Fsp3) is 0.0667. The van der Waals surface area contributed by atoms with Crippen molar-refractivity contribution in [3.8, 4) is 28.4 Å². The molecule has 3 aromatic carbocycles. The number of ether oxygens (including phenoxy) is 1. The van der Waals surface area contributed by atoms with Crippen LogP contribution in [0, 0.1) is 11.6 Å². The third kappa shape index (κ3) is 5.87. The number of phenolic OH excluding ortho intramolecular Hbond substituents is 1. The number of aromatic nitrogens is 3. The lowest BCUT2D eigenvalue weighted by Crippen LogP contribution is -2.29. The molecule has 5 rings (SSSR count). The Morgan fingerprint density at radius 3 is 2.50 bits per heavy atom. The Bertz CT molecular complexity index is 1840. The molecule has 2 aromatic heterocycles. The van der Waals surface area contributed by atoms with Crippen LogP contribution in [0.4, 0.5) is 31.8 Å². The number of phenols is 1. The number of anilines is 4. The summed E-state index contributed by atoms with van der Waals surface area (Å²) in [7, 11) is 0. The van der Waals surface area contributed by atoms with E-state index < -0.39 is 23.1 Å². The van der Waals surface area contributed by atoms with Gasteiger partial charge in [-0.1, -0.05) is 0 Å². The van der Waals surface area contributed by atoms with Crippen molar-refractivity contribution in [1.29, 1.82) is 0 Å². The Labute approximate surface area is 238 Å². The minimum atomic E-state index is -0.813. The molecule has 10 nitrogen and oxygen atoms in total. The minimum absolute atomic E-state index is 0.0344. The van der Waals surface area contributed by atoms with Crippen LogP contribution < -0.4 is 26.7 Å². The van der Waals surface area contributed by atoms with Gasteiger partial charge in [-0.2, -0.15) is 0 Å². The lowest BCUT2D eigenvalue weighted by Gasteiger charge is -2.14. The third-order valence-corrected chi connectivity index (χ3v) is 6.14. The van der Waals surface area contributed by atoms with Crippen LogP contribution >= 0.6 is 0 Å². The average molecular weight is 571 g/mol. The van der Waals surface area contributed by atoms with Gasteiger partial charge in [0.25, 0.3) is 11.5 Å². The summed E-state index contributed by atoms with van der Waals surface area (Å²) >= 11 is 0. The summed E-state index contributed by atoms with van der Waals surface area (Å²) < 4.78 is 35.2. The minimum Gasteiger partial charge on any atom is -0.507 e. The molecule has 2 heterocycles. The summed E-state index contributed by atoms with van der Waals surface area (Å²) in [5.41, 5.74) is 6.36. The van der Waals surface area contributed by atoms with Gasteiger partial charge < -0.3 is 26.2 Å².